The molecule has 0 bridgehead atoms. The summed E-state index contributed by atoms with van der Waals surface area (Å²) in [6, 6.07) is 0.175. The highest BCUT2D eigenvalue weighted by Gasteiger charge is 2.25. The van der Waals surface area contributed by atoms with E-state index in [0.29, 0.717) is 19.8 Å². The molecule has 2 heterocycles. The highest BCUT2D eigenvalue weighted by Crippen LogP contribution is 2.07. The van der Waals surface area contributed by atoms with Crippen molar-refractivity contribution < 1.29 is 14.3 Å². The first-order valence-corrected chi connectivity index (χ1v) is 5.47. The maximum Gasteiger partial charge on any atom is 0.248 e. The largest absolute Gasteiger partial charge is 0.377 e. The van der Waals surface area contributed by atoms with Crippen LogP contribution < -0.4 is 5.32 Å². The smallest absolute Gasteiger partial charge is 0.248 e. The lowest BCUT2D eigenvalue weighted by Gasteiger charge is -2.34. The fourth-order valence-corrected chi connectivity index (χ4v) is 1.75. The third-order valence-corrected chi connectivity index (χ3v) is 2.87. The lowest BCUT2D eigenvalue weighted by Crippen LogP contribution is -2.52. The predicted octanol–water partition coefficient (Wildman–Crippen LogP) is -0.356. The van der Waals surface area contributed by atoms with Gasteiger partial charge >= 0.3 is 0 Å². The molecule has 1 atom stereocenters. The van der Waals surface area contributed by atoms with Crippen LogP contribution in [-0.2, 0) is 14.3 Å². The van der Waals surface area contributed by atoms with Gasteiger partial charge in [-0.25, -0.2) is 0 Å². The highest BCUT2D eigenvalue weighted by molar-refractivity contribution is 5.85. The third-order valence-electron chi connectivity index (χ3n) is 2.87. The minimum Gasteiger partial charge on any atom is -0.377 e. The number of carbonyl (C=O) groups is 1. The van der Waals surface area contributed by atoms with Crippen LogP contribution in [0.4, 0.5) is 0 Å². The van der Waals surface area contributed by atoms with Crippen molar-refractivity contribution in [2.24, 2.45) is 0 Å². The van der Waals surface area contributed by atoms with Crippen LogP contribution in [0.1, 0.15) is 6.92 Å². The Morgan fingerprint density at radius 3 is 2.88 bits per heavy atom. The van der Waals surface area contributed by atoms with Gasteiger partial charge in [-0.15, -0.1) is 12.4 Å². The van der Waals surface area contributed by atoms with Crippen molar-refractivity contribution in [1.29, 1.82) is 0 Å². The molecule has 0 radical (unpaired) electrons. The minimum absolute atomic E-state index is 0. The van der Waals surface area contributed by atoms with Crippen molar-refractivity contribution >= 4 is 18.3 Å². The van der Waals surface area contributed by atoms with E-state index >= 15 is 0 Å². The summed E-state index contributed by atoms with van der Waals surface area (Å²) in [6.07, 6.45) is 0.227. The van der Waals surface area contributed by atoms with Gasteiger partial charge in [-0.2, -0.15) is 0 Å². The van der Waals surface area contributed by atoms with Crippen LogP contribution in [0.25, 0.3) is 0 Å². The number of nitrogens with one attached hydrogen (secondary N) is 1. The van der Waals surface area contributed by atoms with Crippen LogP contribution in [0.2, 0.25) is 0 Å². The first-order valence-electron chi connectivity index (χ1n) is 5.47. The van der Waals surface area contributed by atoms with E-state index in [2.05, 4.69) is 5.32 Å². The quantitative estimate of drug-likeness (QED) is 0.744. The molecule has 2 aliphatic heterocycles. The molecule has 0 aromatic carbocycles. The van der Waals surface area contributed by atoms with Crippen LogP contribution in [0, 0.1) is 0 Å². The Kier molecular flexibility index (Phi) is 5.48. The Morgan fingerprint density at radius 1 is 1.56 bits per heavy atom. The van der Waals surface area contributed by atoms with Gasteiger partial charge in [0.25, 0.3) is 0 Å². The summed E-state index contributed by atoms with van der Waals surface area (Å²) in [4.78, 5) is 13.6. The number of halogens is 1. The van der Waals surface area contributed by atoms with E-state index in [1.807, 2.05) is 11.8 Å². The fraction of sp³-hybridized carbons (Fsp3) is 0.900. The second-order valence-corrected chi connectivity index (χ2v) is 4.10. The second kappa shape index (κ2) is 6.39. The van der Waals surface area contributed by atoms with Gasteiger partial charge in [-0.3, -0.25) is 4.79 Å². The molecule has 1 amide bonds. The normalized spacial score (nSPS) is 25.8. The molecule has 0 saturated carbocycles. The summed E-state index contributed by atoms with van der Waals surface area (Å²) < 4.78 is 10.7. The Balaban J connectivity index is 0.00000128. The van der Waals surface area contributed by atoms with Gasteiger partial charge in [0.05, 0.1) is 25.4 Å². The molecular formula is C10H19ClN2O3. The zero-order valence-electron chi connectivity index (χ0n) is 9.48. The summed E-state index contributed by atoms with van der Waals surface area (Å²) in [6.45, 7) is 5.90. The third kappa shape index (κ3) is 3.31. The molecule has 2 rings (SSSR count). The topological polar surface area (TPSA) is 50.8 Å². The molecule has 2 saturated heterocycles. The molecule has 16 heavy (non-hydrogen) atoms. The van der Waals surface area contributed by atoms with Crippen molar-refractivity contribution in [3.8, 4) is 0 Å². The minimum atomic E-state index is 0. The number of hydrogen-bond acceptors (Lipinski definition) is 4. The fourth-order valence-electron chi connectivity index (χ4n) is 1.75. The van der Waals surface area contributed by atoms with Crippen molar-refractivity contribution in [2.75, 3.05) is 39.5 Å². The number of nitrogens with zero attached hydrogens (tertiary/aromatic N) is 1. The van der Waals surface area contributed by atoms with Crippen molar-refractivity contribution in [3.63, 3.8) is 0 Å². The summed E-state index contributed by atoms with van der Waals surface area (Å²) in [5.41, 5.74) is 0. The standard InChI is InChI=1S/C10H18N2O3.ClH/c1-8-6-14-3-2-12(8)10(13)7-15-9-4-11-5-9;/h8-9,11H,2-7H2,1H3;1H. The van der Waals surface area contributed by atoms with Crippen LogP contribution >= 0.6 is 12.4 Å². The predicted molar refractivity (Wildman–Crippen MR) is 61.9 cm³/mol. The van der Waals surface area contributed by atoms with E-state index in [0.717, 1.165) is 13.1 Å². The molecule has 0 aromatic rings. The molecule has 94 valence electrons. The van der Waals surface area contributed by atoms with Gasteiger partial charge < -0.3 is 19.7 Å². The summed E-state index contributed by atoms with van der Waals surface area (Å²) in [5.74, 6) is 0.0812. The number of carbonyl (C=O) groups excluding carboxylic acids is 1. The van der Waals surface area contributed by atoms with Crippen LogP contribution in [0.3, 0.4) is 0 Å². The van der Waals surface area contributed by atoms with Crippen LogP contribution in [0.15, 0.2) is 0 Å². The number of rotatable bonds is 3. The van der Waals surface area contributed by atoms with Crippen molar-refractivity contribution in [2.45, 2.75) is 19.1 Å². The maximum absolute atomic E-state index is 11.8. The molecule has 1 N–H and O–H groups in total. The molecule has 2 fully saturated rings. The van der Waals surface area contributed by atoms with E-state index in [4.69, 9.17) is 9.47 Å². The van der Waals surface area contributed by atoms with E-state index in [9.17, 15) is 4.79 Å². The monoisotopic (exact) mass is 250 g/mol. The number of morpholine rings is 1. The van der Waals surface area contributed by atoms with Gasteiger partial charge in [-0.1, -0.05) is 0 Å². The highest BCUT2D eigenvalue weighted by atomic mass is 35.5. The molecule has 1 unspecified atom stereocenters. The van der Waals surface area contributed by atoms with Crippen LogP contribution in [0.5, 0.6) is 0 Å². The molecule has 0 aromatic heterocycles. The summed E-state index contributed by atoms with van der Waals surface area (Å²) in [7, 11) is 0. The maximum atomic E-state index is 11.8. The van der Waals surface area contributed by atoms with Gasteiger partial charge in [-0.05, 0) is 6.92 Å². The molecule has 2 aliphatic rings. The van der Waals surface area contributed by atoms with E-state index < -0.39 is 0 Å². The second-order valence-electron chi connectivity index (χ2n) is 4.10. The lowest BCUT2D eigenvalue weighted by atomic mass is 10.2. The zero-order chi connectivity index (χ0) is 10.7. The van der Waals surface area contributed by atoms with Gasteiger partial charge in [0.15, 0.2) is 0 Å². The lowest BCUT2D eigenvalue weighted by molar-refractivity contribution is -0.146. The van der Waals surface area contributed by atoms with Gasteiger partial charge in [0.1, 0.15) is 6.61 Å². The molecular weight excluding hydrogens is 232 g/mol. The van der Waals surface area contributed by atoms with Crippen LogP contribution in [-0.4, -0.2) is 62.4 Å². The zero-order valence-corrected chi connectivity index (χ0v) is 10.3. The Morgan fingerprint density at radius 2 is 2.31 bits per heavy atom. The number of ether oxygens (including phenoxy) is 2. The first-order chi connectivity index (χ1) is 7.27. The number of hydrogen-bond donors (Lipinski definition) is 1. The SMILES string of the molecule is CC1COCCN1C(=O)COC1CNC1.Cl. The average Bonchev–Trinajstić information content (AvgIpc) is 2.16. The summed E-state index contributed by atoms with van der Waals surface area (Å²) >= 11 is 0. The Bertz CT molecular complexity index is 236. The van der Waals surface area contributed by atoms with Gasteiger partial charge in [0.2, 0.25) is 5.91 Å². The molecule has 5 nitrogen and oxygen atoms in total. The first kappa shape index (κ1) is 13.7. The van der Waals surface area contributed by atoms with Crippen molar-refractivity contribution in [3.05, 3.63) is 0 Å². The summed E-state index contributed by atoms with van der Waals surface area (Å²) in [5, 5.41) is 3.10. The van der Waals surface area contributed by atoms with Crippen molar-refractivity contribution in [1.82, 2.24) is 10.2 Å². The van der Waals surface area contributed by atoms with E-state index in [1.165, 1.54) is 0 Å². The van der Waals surface area contributed by atoms with Gasteiger partial charge in [0, 0.05) is 19.6 Å². The van der Waals surface area contributed by atoms with E-state index in [1.54, 1.807) is 0 Å². The average molecular weight is 251 g/mol. The Labute approximate surface area is 102 Å². The molecule has 0 aliphatic carbocycles. The Hall–Kier alpha value is -0.360. The van der Waals surface area contributed by atoms with E-state index in [-0.39, 0.29) is 37.1 Å². The number of amides is 1. The molecule has 0 spiro atoms. The molecule has 6 heteroatoms.